The molecule has 2 atom stereocenters. The van der Waals surface area contributed by atoms with Crippen LogP contribution in [0.3, 0.4) is 0 Å². The molecule has 0 spiro atoms. The molecule has 0 bridgehead atoms. The highest BCUT2D eigenvalue weighted by molar-refractivity contribution is 5.91. The quantitative estimate of drug-likeness (QED) is 0.514. The maximum Gasteiger partial charge on any atom is 0.131 e. The third-order valence-electron chi connectivity index (χ3n) is 7.57. The van der Waals surface area contributed by atoms with Crippen LogP contribution in [0.2, 0.25) is 0 Å². The van der Waals surface area contributed by atoms with E-state index in [4.69, 9.17) is 5.73 Å². The van der Waals surface area contributed by atoms with Gasteiger partial charge in [0.2, 0.25) is 0 Å². The largest absolute Gasteiger partial charge is 0.405 e. The first-order valence-electron chi connectivity index (χ1n) is 11.0. The maximum absolute atomic E-state index is 14.9. The topological polar surface area (TPSA) is 26.0 Å². The first-order valence-corrected chi connectivity index (χ1v) is 11.0. The lowest BCUT2D eigenvalue weighted by Gasteiger charge is -2.49. The number of halogens is 1. The fraction of sp³-hybridized carbons (Fsp3) is 0.429. The zero-order valence-electron chi connectivity index (χ0n) is 19.6. The summed E-state index contributed by atoms with van der Waals surface area (Å²) in [5.74, 6) is 0.480. The molecule has 0 heterocycles. The molecule has 2 N–H and O–H groups in total. The van der Waals surface area contributed by atoms with Gasteiger partial charge in [-0.05, 0) is 83.7 Å². The van der Waals surface area contributed by atoms with Crippen molar-refractivity contribution in [3.05, 3.63) is 82.4 Å². The number of hydrogen-bond acceptors (Lipinski definition) is 1. The second-order valence-electron chi connectivity index (χ2n) is 9.83. The summed E-state index contributed by atoms with van der Waals surface area (Å²) in [5.41, 5.74) is 12.9. The first-order chi connectivity index (χ1) is 14.0. The van der Waals surface area contributed by atoms with E-state index in [-0.39, 0.29) is 22.6 Å². The fourth-order valence-electron chi connectivity index (χ4n) is 5.70. The zero-order valence-corrected chi connectivity index (χ0v) is 19.6. The van der Waals surface area contributed by atoms with E-state index >= 15 is 0 Å². The van der Waals surface area contributed by atoms with Crippen molar-refractivity contribution in [1.82, 2.24) is 0 Å². The van der Waals surface area contributed by atoms with Crippen LogP contribution in [0.1, 0.15) is 71.6 Å². The van der Waals surface area contributed by atoms with Crippen LogP contribution in [0.15, 0.2) is 59.9 Å². The van der Waals surface area contributed by atoms with E-state index in [1.807, 2.05) is 6.07 Å². The van der Waals surface area contributed by atoms with E-state index < -0.39 is 0 Å². The number of allylic oxidation sites excluding steroid dienone is 7. The van der Waals surface area contributed by atoms with Gasteiger partial charge in [0.15, 0.2) is 0 Å². The molecule has 0 saturated carbocycles. The molecule has 0 radical (unpaired) electrons. The van der Waals surface area contributed by atoms with E-state index in [0.29, 0.717) is 11.5 Å². The molecule has 0 amide bonds. The SMILES string of the molecule is C=C1C2=C(C(C)=CCC2C(C)(C=CC)C(C)C)C(C)(C)c2ccc(F)c(/C=C\N)c21. The lowest BCUT2D eigenvalue weighted by molar-refractivity contribution is 0.205. The third-order valence-corrected chi connectivity index (χ3v) is 7.57. The van der Waals surface area contributed by atoms with Crippen LogP contribution in [0.4, 0.5) is 4.39 Å². The summed E-state index contributed by atoms with van der Waals surface area (Å²) < 4.78 is 14.9. The number of nitrogens with two attached hydrogens (primary N) is 1. The van der Waals surface area contributed by atoms with Gasteiger partial charge >= 0.3 is 0 Å². The predicted molar refractivity (Wildman–Crippen MR) is 128 cm³/mol. The Bertz CT molecular complexity index is 1000. The number of hydrogen-bond donors (Lipinski definition) is 1. The van der Waals surface area contributed by atoms with Crippen molar-refractivity contribution >= 4 is 11.6 Å². The molecule has 2 heteroatoms. The van der Waals surface area contributed by atoms with Gasteiger partial charge in [-0.15, -0.1) is 0 Å². The highest BCUT2D eigenvalue weighted by Gasteiger charge is 2.46. The lowest BCUT2D eigenvalue weighted by atomic mass is 9.55. The minimum Gasteiger partial charge on any atom is -0.405 e. The van der Waals surface area contributed by atoms with Crippen molar-refractivity contribution in [2.75, 3.05) is 0 Å². The van der Waals surface area contributed by atoms with Gasteiger partial charge < -0.3 is 5.73 Å². The summed E-state index contributed by atoms with van der Waals surface area (Å²) in [5, 5.41) is 0. The molecule has 0 aromatic heterocycles. The van der Waals surface area contributed by atoms with Crippen LogP contribution in [0, 0.1) is 23.1 Å². The normalized spacial score (nSPS) is 23.0. The Balaban J connectivity index is 2.38. The van der Waals surface area contributed by atoms with E-state index in [9.17, 15) is 4.39 Å². The Morgan fingerprint density at radius 2 is 1.97 bits per heavy atom. The second-order valence-corrected chi connectivity index (χ2v) is 9.83. The molecule has 160 valence electrons. The molecule has 30 heavy (non-hydrogen) atoms. The van der Waals surface area contributed by atoms with Gasteiger partial charge in [0.05, 0.1) is 0 Å². The lowest BCUT2D eigenvalue weighted by Crippen LogP contribution is -2.39. The molecule has 0 aliphatic heterocycles. The highest BCUT2D eigenvalue weighted by Crippen LogP contribution is 2.58. The molecular weight excluding hydrogens is 369 g/mol. The molecule has 0 fully saturated rings. The monoisotopic (exact) mass is 405 g/mol. The first kappa shape index (κ1) is 22.3. The molecule has 2 aliphatic rings. The highest BCUT2D eigenvalue weighted by atomic mass is 19.1. The van der Waals surface area contributed by atoms with Crippen molar-refractivity contribution in [3.63, 3.8) is 0 Å². The number of fused-ring (bicyclic) bond motifs is 1. The summed E-state index contributed by atoms with van der Waals surface area (Å²) in [4.78, 5) is 0. The van der Waals surface area contributed by atoms with E-state index in [1.165, 1.54) is 22.9 Å². The minimum absolute atomic E-state index is 0.0275. The molecule has 1 aromatic rings. The van der Waals surface area contributed by atoms with Crippen LogP contribution < -0.4 is 5.73 Å². The maximum atomic E-state index is 14.9. The van der Waals surface area contributed by atoms with Gasteiger partial charge in [0.1, 0.15) is 5.82 Å². The molecule has 1 aromatic carbocycles. The van der Waals surface area contributed by atoms with Gasteiger partial charge in [-0.3, -0.25) is 0 Å². The van der Waals surface area contributed by atoms with Crippen LogP contribution >= 0.6 is 0 Å². The Morgan fingerprint density at radius 3 is 2.53 bits per heavy atom. The smallest absolute Gasteiger partial charge is 0.131 e. The second kappa shape index (κ2) is 7.72. The third kappa shape index (κ3) is 3.12. The van der Waals surface area contributed by atoms with Gasteiger partial charge in [0, 0.05) is 11.0 Å². The molecular formula is C28H36FN. The van der Waals surface area contributed by atoms with Crippen LogP contribution in [0.5, 0.6) is 0 Å². The molecule has 2 aliphatic carbocycles. The number of benzene rings is 1. The van der Waals surface area contributed by atoms with Gasteiger partial charge in [0.25, 0.3) is 0 Å². The van der Waals surface area contributed by atoms with Gasteiger partial charge in [-0.25, -0.2) is 4.39 Å². The summed E-state index contributed by atoms with van der Waals surface area (Å²) in [6, 6.07) is 3.49. The summed E-state index contributed by atoms with van der Waals surface area (Å²) in [6.07, 6.45) is 11.0. The predicted octanol–water partition coefficient (Wildman–Crippen LogP) is 7.56. The van der Waals surface area contributed by atoms with Crippen molar-refractivity contribution in [1.29, 1.82) is 0 Å². The van der Waals surface area contributed by atoms with Crippen LogP contribution in [-0.2, 0) is 5.41 Å². The average molecular weight is 406 g/mol. The van der Waals surface area contributed by atoms with Gasteiger partial charge in [-0.2, -0.15) is 0 Å². The fourth-order valence-corrected chi connectivity index (χ4v) is 5.70. The molecule has 3 rings (SSSR count). The standard InChI is InChI=1S/C28H36FN/c1-9-15-28(8,17(2)3)22-11-10-18(4)26-25(22)19(5)24-20(14-16-30)23(29)13-12-21(24)27(26,6)7/h9-10,12-17,22H,5,11,30H2,1-4,6-8H3/b15-9?,16-14-. The van der Waals surface area contributed by atoms with E-state index in [2.05, 4.69) is 73.3 Å². The van der Waals surface area contributed by atoms with Crippen molar-refractivity contribution in [2.45, 2.75) is 60.3 Å². The van der Waals surface area contributed by atoms with Crippen LogP contribution in [0.25, 0.3) is 11.6 Å². The van der Waals surface area contributed by atoms with Gasteiger partial charge in [-0.1, -0.05) is 71.1 Å². The molecule has 2 unspecified atom stereocenters. The van der Waals surface area contributed by atoms with Crippen LogP contribution in [-0.4, -0.2) is 0 Å². The van der Waals surface area contributed by atoms with Crippen molar-refractivity contribution in [3.8, 4) is 0 Å². The Hall–Kier alpha value is -2.35. The Labute approximate surface area is 182 Å². The van der Waals surface area contributed by atoms with E-state index in [0.717, 1.165) is 23.1 Å². The molecule has 0 saturated heterocycles. The van der Waals surface area contributed by atoms with Crippen molar-refractivity contribution in [2.24, 2.45) is 23.0 Å². The zero-order chi connectivity index (χ0) is 22.4. The Kier molecular flexibility index (Phi) is 5.75. The minimum atomic E-state index is -0.254. The summed E-state index contributed by atoms with van der Waals surface area (Å²) in [6.45, 7) is 20.3. The van der Waals surface area contributed by atoms with E-state index in [1.54, 1.807) is 12.1 Å². The summed E-state index contributed by atoms with van der Waals surface area (Å²) in [7, 11) is 0. The summed E-state index contributed by atoms with van der Waals surface area (Å²) >= 11 is 0. The molecule has 1 nitrogen and oxygen atoms in total. The number of rotatable bonds is 4. The average Bonchev–Trinajstić information content (AvgIpc) is 2.67. The Morgan fingerprint density at radius 1 is 1.30 bits per heavy atom. The van der Waals surface area contributed by atoms with Crippen molar-refractivity contribution < 1.29 is 4.39 Å².